The normalized spacial score (nSPS) is 11.0. The third-order valence-corrected chi connectivity index (χ3v) is 3.00. The largest absolute Gasteiger partial charge is 0.416 e. The maximum absolute atomic E-state index is 12.6. The molecule has 0 aliphatic carbocycles. The van der Waals surface area contributed by atoms with Gasteiger partial charge in [0, 0.05) is 11.6 Å². The predicted octanol–water partition coefficient (Wildman–Crippen LogP) is 3.89. The number of amides is 1. The molecule has 0 atom stereocenters. The second kappa shape index (κ2) is 8.02. The van der Waals surface area contributed by atoms with Gasteiger partial charge in [-0.3, -0.25) is 4.79 Å². The highest BCUT2D eigenvalue weighted by Gasteiger charge is 2.30. The number of halogens is 3. The first kappa shape index (κ1) is 17.4. The highest BCUT2D eigenvalue weighted by Crippen LogP contribution is 2.29. The number of alkyl halides is 3. The molecule has 0 heterocycles. The average molecular weight is 329 g/mol. The molecule has 0 aromatic heterocycles. The van der Waals surface area contributed by atoms with E-state index in [-0.39, 0.29) is 18.0 Å². The Kier molecular flexibility index (Phi) is 5.80. The number of hydrogen-bond acceptors (Lipinski definition) is 1. The molecule has 0 saturated heterocycles. The number of hydrogen-bond donors (Lipinski definition) is 1. The maximum atomic E-state index is 12.6. The summed E-state index contributed by atoms with van der Waals surface area (Å²) < 4.78 is 37.7. The predicted molar refractivity (Wildman–Crippen MR) is 86.8 cm³/mol. The van der Waals surface area contributed by atoms with Crippen LogP contribution in [0, 0.1) is 11.8 Å². The summed E-state index contributed by atoms with van der Waals surface area (Å²) >= 11 is 0. The Balaban J connectivity index is 1.88. The van der Waals surface area contributed by atoms with Crippen LogP contribution in [0.3, 0.4) is 0 Å². The van der Waals surface area contributed by atoms with E-state index in [4.69, 9.17) is 0 Å². The van der Waals surface area contributed by atoms with Gasteiger partial charge in [0.1, 0.15) is 0 Å². The molecule has 0 unspecified atom stereocenters. The van der Waals surface area contributed by atoms with Crippen LogP contribution in [0.4, 0.5) is 13.2 Å². The van der Waals surface area contributed by atoms with Gasteiger partial charge in [-0.2, -0.15) is 13.2 Å². The van der Waals surface area contributed by atoms with Gasteiger partial charge >= 0.3 is 6.18 Å². The molecule has 2 nitrogen and oxygen atoms in total. The van der Waals surface area contributed by atoms with Gasteiger partial charge < -0.3 is 5.32 Å². The van der Waals surface area contributed by atoms with Crippen LogP contribution in [-0.4, -0.2) is 12.5 Å². The van der Waals surface area contributed by atoms with Gasteiger partial charge in [0.2, 0.25) is 5.91 Å². The van der Waals surface area contributed by atoms with E-state index in [1.165, 1.54) is 18.2 Å². The van der Waals surface area contributed by atoms with Crippen molar-refractivity contribution in [2.75, 3.05) is 6.54 Å². The molecule has 2 aromatic carbocycles. The number of benzene rings is 2. The number of rotatable bonds is 3. The van der Waals surface area contributed by atoms with E-state index in [9.17, 15) is 18.0 Å². The Hall–Kier alpha value is -3.00. The van der Waals surface area contributed by atoms with Crippen molar-refractivity contribution in [2.24, 2.45) is 0 Å². The quantitative estimate of drug-likeness (QED) is 0.672. The second-order valence-corrected chi connectivity index (χ2v) is 4.84. The molecule has 0 aliphatic rings. The fraction of sp³-hybridized carbons (Fsp3) is 0.105. The average Bonchev–Trinajstić information content (AvgIpc) is 2.57. The van der Waals surface area contributed by atoms with E-state index in [2.05, 4.69) is 17.2 Å². The van der Waals surface area contributed by atoms with Gasteiger partial charge in [-0.15, -0.1) is 0 Å². The summed E-state index contributed by atoms with van der Waals surface area (Å²) in [6.45, 7) is 0.0498. The number of nitrogens with one attached hydrogen (secondary N) is 1. The van der Waals surface area contributed by atoms with E-state index < -0.39 is 11.7 Å². The van der Waals surface area contributed by atoms with E-state index in [0.29, 0.717) is 0 Å². The molecule has 0 aliphatic heterocycles. The lowest BCUT2D eigenvalue weighted by atomic mass is 10.1. The van der Waals surface area contributed by atoms with Crippen molar-refractivity contribution < 1.29 is 18.0 Å². The van der Waals surface area contributed by atoms with Crippen molar-refractivity contribution in [2.45, 2.75) is 6.18 Å². The summed E-state index contributed by atoms with van der Waals surface area (Å²) in [5.41, 5.74) is 0.394. The molecule has 122 valence electrons. The zero-order valence-corrected chi connectivity index (χ0v) is 12.6. The first-order chi connectivity index (χ1) is 11.4. The Bertz CT molecular complexity index is 783. The smallest absolute Gasteiger partial charge is 0.342 e. The Morgan fingerprint density at radius 3 is 2.54 bits per heavy atom. The highest BCUT2D eigenvalue weighted by molar-refractivity contribution is 5.91. The highest BCUT2D eigenvalue weighted by atomic mass is 19.4. The molecule has 24 heavy (non-hydrogen) atoms. The zero-order valence-electron chi connectivity index (χ0n) is 12.6. The topological polar surface area (TPSA) is 29.1 Å². The van der Waals surface area contributed by atoms with E-state index in [0.717, 1.165) is 17.7 Å². The van der Waals surface area contributed by atoms with Crippen LogP contribution < -0.4 is 5.32 Å². The van der Waals surface area contributed by atoms with Gasteiger partial charge in [0.25, 0.3) is 0 Å². The van der Waals surface area contributed by atoms with Crippen molar-refractivity contribution in [3.8, 4) is 11.8 Å². The van der Waals surface area contributed by atoms with Crippen LogP contribution in [-0.2, 0) is 11.0 Å². The van der Waals surface area contributed by atoms with Gasteiger partial charge in [-0.05, 0) is 29.8 Å². The van der Waals surface area contributed by atoms with Crippen molar-refractivity contribution in [3.05, 3.63) is 77.4 Å². The Morgan fingerprint density at radius 1 is 1.08 bits per heavy atom. The van der Waals surface area contributed by atoms with Gasteiger partial charge in [-0.25, -0.2) is 0 Å². The van der Waals surface area contributed by atoms with Crippen LogP contribution in [0.2, 0.25) is 0 Å². The fourth-order valence-corrected chi connectivity index (χ4v) is 1.85. The molecule has 0 radical (unpaired) electrons. The number of carbonyl (C=O) groups excluding carboxylic acids is 1. The lowest BCUT2D eigenvalue weighted by Gasteiger charge is -2.05. The van der Waals surface area contributed by atoms with Gasteiger partial charge in [-0.1, -0.05) is 48.2 Å². The van der Waals surface area contributed by atoms with Crippen LogP contribution in [0.5, 0.6) is 0 Å². The van der Waals surface area contributed by atoms with Crippen LogP contribution in [0.1, 0.15) is 16.7 Å². The zero-order chi connectivity index (χ0) is 17.4. The van der Waals surface area contributed by atoms with Crippen LogP contribution in [0.25, 0.3) is 6.08 Å². The van der Waals surface area contributed by atoms with Crippen LogP contribution >= 0.6 is 0 Å². The first-order valence-electron chi connectivity index (χ1n) is 7.12. The summed E-state index contributed by atoms with van der Waals surface area (Å²) in [6, 6.07) is 14.1. The monoisotopic (exact) mass is 329 g/mol. The number of carbonyl (C=O) groups is 1. The third kappa shape index (κ3) is 5.65. The fourth-order valence-electron chi connectivity index (χ4n) is 1.85. The van der Waals surface area contributed by atoms with E-state index in [1.54, 1.807) is 6.08 Å². The molecule has 0 fully saturated rings. The third-order valence-electron chi connectivity index (χ3n) is 3.00. The minimum Gasteiger partial charge on any atom is -0.342 e. The van der Waals surface area contributed by atoms with Crippen molar-refractivity contribution >= 4 is 12.0 Å². The van der Waals surface area contributed by atoms with Crippen LogP contribution in [0.15, 0.2) is 60.7 Å². The lowest BCUT2D eigenvalue weighted by molar-refractivity contribution is -0.137. The summed E-state index contributed by atoms with van der Waals surface area (Å²) in [6.07, 6.45) is -1.36. The molecular weight excluding hydrogens is 315 g/mol. The molecule has 2 aromatic rings. The summed E-state index contributed by atoms with van der Waals surface area (Å²) in [7, 11) is 0. The molecule has 5 heteroatoms. The van der Waals surface area contributed by atoms with Crippen molar-refractivity contribution in [3.63, 3.8) is 0 Å². The molecule has 2 rings (SSSR count). The SMILES string of the molecule is O=C(/C=C/c1ccccc1)NCC#Cc1cccc(C(F)(F)F)c1. The maximum Gasteiger partial charge on any atom is 0.416 e. The van der Waals surface area contributed by atoms with E-state index >= 15 is 0 Å². The molecular formula is C19H14F3NO. The molecule has 1 N–H and O–H groups in total. The Labute approximate surface area is 138 Å². The van der Waals surface area contributed by atoms with Gasteiger partial charge in [0.05, 0.1) is 12.1 Å². The summed E-state index contributed by atoms with van der Waals surface area (Å²) in [5, 5.41) is 2.55. The molecule has 0 bridgehead atoms. The second-order valence-electron chi connectivity index (χ2n) is 4.84. The van der Waals surface area contributed by atoms with Crippen molar-refractivity contribution in [1.82, 2.24) is 5.32 Å². The molecule has 1 amide bonds. The molecule has 0 spiro atoms. The van der Waals surface area contributed by atoms with Crippen molar-refractivity contribution in [1.29, 1.82) is 0 Å². The standard InChI is InChI=1S/C19H14F3NO/c20-19(21,22)17-10-4-8-16(14-17)9-5-13-23-18(24)12-11-15-6-2-1-3-7-15/h1-4,6-8,10-12,14H,13H2,(H,23,24)/b12-11+. The lowest BCUT2D eigenvalue weighted by Crippen LogP contribution is -2.20. The van der Waals surface area contributed by atoms with E-state index in [1.807, 2.05) is 30.3 Å². The minimum atomic E-state index is -4.39. The minimum absolute atomic E-state index is 0.0498. The molecule has 0 saturated carbocycles. The Morgan fingerprint density at radius 2 is 1.83 bits per heavy atom. The van der Waals surface area contributed by atoms with Gasteiger partial charge in [0.15, 0.2) is 0 Å². The summed E-state index contributed by atoms with van der Waals surface area (Å²) in [4.78, 5) is 11.6. The first-order valence-corrected chi connectivity index (χ1v) is 7.12. The summed E-state index contributed by atoms with van der Waals surface area (Å²) in [5.74, 6) is 4.90.